The third kappa shape index (κ3) is 4.34. The molecule has 0 spiro atoms. The highest BCUT2D eigenvalue weighted by Gasteiger charge is 2.14. The van der Waals surface area contributed by atoms with Crippen LogP contribution >= 0.6 is 15.9 Å². The molecule has 2 heteroatoms. The van der Waals surface area contributed by atoms with E-state index in [0.29, 0.717) is 0 Å². The van der Waals surface area contributed by atoms with Crippen LogP contribution in [0.4, 0.5) is 5.69 Å². The minimum atomic E-state index is 0.205. The summed E-state index contributed by atoms with van der Waals surface area (Å²) in [6.07, 6.45) is 0. The predicted molar refractivity (Wildman–Crippen MR) is 96.1 cm³/mol. The third-order valence-corrected chi connectivity index (χ3v) is 4.16. The molecular formula is C19H24BrN. The molecule has 2 rings (SSSR count). The molecule has 0 saturated heterocycles. The predicted octanol–water partition coefficient (Wildman–Crippen LogP) is 6.23. The third-order valence-electron chi connectivity index (χ3n) is 3.70. The van der Waals surface area contributed by atoms with E-state index in [4.69, 9.17) is 0 Å². The first kappa shape index (κ1) is 16.1. The molecule has 0 aliphatic carbocycles. The van der Waals surface area contributed by atoms with E-state index in [1.807, 2.05) is 0 Å². The normalized spacial score (nSPS) is 13.0. The zero-order valence-corrected chi connectivity index (χ0v) is 15.1. The molecule has 112 valence electrons. The van der Waals surface area contributed by atoms with Crippen LogP contribution < -0.4 is 5.32 Å². The maximum absolute atomic E-state index is 3.57. The van der Waals surface area contributed by atoms with Crippen LogP contribution in [-0.4, -0.2) is 0 Å². The standard InChI is InChI=1S/C19H24BrN/c1-13-10-17(20)12-18(11-13)21-14(2)15-6-8-16(9-7-15)19(3,4)5/h6-12,14,21H,1-5H3. The van der Waals surface area contributed by atoms with Gasteiger partial charge in [0.25, 0.3) is 0 Å². The summed E-state index contributed by atoms with van der Waals surface area (Å²) in [5, 5.41) is 3.57. The van der Waals surface area contributed by atoms with Crippen LogP contribution in [0.2, 0.25) is 0 Å². The van der Waals surface area contributed by atoms with Gasteiger partial charge in [-0.3, -0.25) is 0 Å². The number of rotatable bonds is 3. The van der Waals surface area contributed by atoms with Crippen molar-refractivity contribution in [2.75, 3.05) is 5.32 Å². The Morgan fingerprint density at radius 3 is 2.14 bits per heavy atom. The van der Waals surface area contributed by atoms with Gasteiger partial charge >= 0.3 is 0 Å². The molecule has 1 unspecified atom stereocenters. The van der Waals surface area contributed by atoms with Gasteiger partial charge in [0.1, 0.15) is 0 Å². The van der Waals surface area contributed by atoms with Crippen molar-refractivity contribution in [3.8, 4) is 0 Å². The number of aryl methyl sites for hydroxylation is 1. The average Bonchev–Trinajstić information content (AvgIpc) is 2.36. The zero-order chi connectivity index (χ0) is 15.6. The molecule has 0 saturated carbocycles. The van der Waals surface area contributed by atoms with Crippen LogP contribution in [0, 0.1) is 6.92 Å². The van der Waals surface area contributed by atoms with Crippen LogP contribution in [0.5, 0.6) is 0 Å². The van der Waals surface area contributed by atoms with E-state index in [0.717, 1.165) is 10.2 Å². The van der Waals surface area contributed by atoms with E-state index in [-0.39, 0.29) is 11.5 Å². The number of benzene rings is 2. The van der Waals surface area contributed by atoms with Crippen LogP contribution in [0.1, 0.15) is 50.4 Å². The summed E-state index contributed by atoms with van der Waals surface area (Å²) >= 11 is 3.55. The summed E-state index contributed by atoms with van der Waals surface area (Å²) in [6, 6.07) is 15.6. The fourth-order valence-electron chi connectivity index (χ4n) is 2.42. The van der Waals surface area contributed by atoms with E-state index < -0.39 is 0 Å². The molecule has 1 nitrogen and oxygen atoms in total. The van der Waals surface area contributed by atoms with Gasteiger partial charge in [-0.2, -0.15) is 0 Å². The molecule has 1 atom stereocenters. The van der Waals surface area contributed by atoms with Crippen LogP contribution in [0.25, 0.3) is 0 Å². The molecule has 2 aromatic carbocycles. The lowest BCUT2D eigenvalue weighted by atomic mass is 9.86. The second-order valence-corrected chi connectivity index (χ2v) is 7.67. The second kappa shape index (κ2) is 6.23. The fraction of sp³-hybridized carbons (Fsp3) is 0.368. The van der Waals surface area contributed by atoms with Crippen LogP contribution in [0.3, 0.4) is 0 Å². The lowest BCUT2D eigenvalue weighted by Crippen LogP contribution is -2.12. The molecule has 0 fully saturated rings. The molecule has 21 heavy (non-hydrogen) atoms. The number of halogens is 1. The van der Waals surface area contributed by atoms with Gasteiger partial charge in [0.15, 0.2) is 0 Å². The Labute approximate surface area is 136 Å². The fourth-order valence-corrected chi connectivity index (χ4v) is 3.03. The lowest BCUT2D eigenvalue weighted by molar-refractivity contribution is 0.589. The molecule has 0 heterocycles. The largest absolute Gasteiger partial charge is 0.378 e. The van der Waals surface area contributed by atoms with Gasteiger partial charge < -0.3 is 5.32 Å². The van der Waals surface area contributed by atoms with Gasteiger partial charge in [-0.1, -0.05) is 61.0 Å². The van der Waals surface area contributed by atoms with E-state index in [1.54, 1.807) is 0 Å². The quantitative estimate of drug-likeness (QED) is 0.695. The van der Waals surface area contributed by atoms with Gasteiger partial charge in [0, 0.05) is 16.2 Å². The topological polar surface area (TPSA) is 12.0 Å². The summed E-state index contributed by atoms with van der Waals surface area (Å²) in [7, 11) is 0. The number of hydrogen-bond donors (Lipinski definition) is 1. The van der Waals surface area contributed by atoms with Crippen LogP contribution in [-0.2, 0) is 5.41 Å². The Morgan fingerprint density at radius 1 is 1.00 bits per heavy atom. The van der Waals surface area contributed by atoms with Crippen molar-refractivity contribution in [1.82, 2.24) is 0 Å². The van der Waals surface area contributed by atoms with Gasteiger partial charge in [-0.05, 0) is 54.2 Å². The van der Waals surface area contributed by atoms with Crippen molar-refractivity contribution in [2.45, 2.75) is 46.1 Å². The van der Waals surface area contributed by atoms with Gasteiger partial charge in [-0.25, -0.2) is 0 Å². The average molecular weight is 346 g/mol. The highest BCUT2D eigenvalue weighted by molar-refractivity contribution is 9.10. The first-order valence-electron chi connectivity index (χ1n) is 7.40. The summed E-state index contributed by atoms with van der Waals surface area (Å²) in [4.78, 5) is 0. The molecule has 1 N–H and O–H groups in total. The number of anilines is 1. The number of nitrogens with one attached hydrogen (secondary N) is 1. The smallest absolute Gasteiger partial charge is 0.0485 e. The van der Waals surface area contributed by atoms with Gasteiger partial charge in [0.05, 0.1) is 0 Å². The Morgan fingerprint density at radius 2 is 1.62 bits per heavy atom. The number of hydrogen-bond acceptors (Lipinski definition) is 1. The summed E-state index contributed by atoms with van der Waals surface area (Å²) in [6.45, 7) is 11.0. The van der Waals surface area contributed by atoms with E-state index in [2.05, 4.69) is 98.3 Å². The highest BCUT2D eigenvalue weighted by Crippen LogP contribution is 2.26. The lowest BCUT2D eigenvalue weighted by Gasteiger charge is -2.21. The minimum absolute atomic E-state index is 0.205. The molecule has 2 aromatic rings. The Balaban J connectivity index is 2.15. The maximum Gasteiger partial charge on any atom is 0.0485 e. The van der Waals surface area contributed by atoms with Crippen LogP contribution in [0.15, 0.2) is 46.9 Å². The Bertz CT molecular complexity index is 588. The Hall–Kier alpha value is -1.28. The van der Waals surface area contributed by atoms with Gasteiger partial charge in [-0.15, -0.1) is 0 Å². The first-order chi connectivity index (χ1) is 9.75. The molecule has 0 aliphatic rings. The maximum atomic E-state index is 3.57. The SMILES string of the molecule is Cc1cc(Br)cc(NC(C)c2ccc(C(C)(C)C)cc2)c1. The van der Waals surface area contributed by atoms with Crippen molar-refractivity contribution >= 4 is 21.6 Å². The first-order valence-corrected chi connectivity index (χ1v) is 8.19. The summed E-state index contributed by atoms with van der Waals surface area (Å²) < 4.78 is 1.11. The zero-order valence-electron chi connectivity index (χ0n) is 13.5. The van der Waals surface area contributed by atoms with Gasteiger partial charge in [0.2, 0.25) is 0 Å². The monoisotopic (exact) mass is 345 g/mol. The van der Waals surface area contributed by atoms with E-state index in [9.17, 15) is 0 Å². The molecule has 0 aliphatic heterocycles. The van der Waals surface area contributed by atoms with Crippen molar-refractivity contribution < 1.29 is 0 Å². The van der Waals surface area contributed by atoms with E-state index in [1.165, 1.54) is 16.7 Å². The molecule has 0 aromatic heterocycles. The summed E-state index contributed by atoms with van der Waals surface area (Å²) in [5.41, 5.74) is 5.28. The molecule has 0 amide bonds. The highest BCUT2D eigenvalue weighted by atomic mass is 79.9. The van der Waals surface area contributed by atoms with E-state index >= 15 is 0 Å². The van der Waals surface area contributed by atoms with Crippen molar-refractivity contribution in [3.05, 3.63) is 63.6 Å². The Kier molecular flexibility index (Phi) is 4.77. The summed E-state index contributed by atoms with van der Waals surface area (Å²) in [5.74, 6) is 0. The van der Waals surface area contributed by atoms with Crippen molar-refractivity contribution in [3.63, 3.8) is 0 Å². The van der Waals surface area contributed by atoms with Crippen molar-refractivity contribution in [2.24, 2.45) is 0 Å². The molecule has 0 bridgehead atoms. The second-order valence-electron chi connectivity index (χ2n) is 6.76. The minimum Gasteiger partial charge on any atom is -0.378 e. The molecule has 0 radical (unpaired) electrons. The molecular weight excluding hydrogens is 322 g/mol. The van der Waals surface area contributed by atoms with Crippen molar-refractivity contribution in [1.29, 1.82) is 0 Å².